The number of aromatic nitrogens is 4. The lowest BCUT2D eigenvalue weighted by atomic mass is 10.2. The highest BCUT2D eigenvalue weighted by Crippen LogP contribution is 2.31. The summed E-state index contributed by atoms with van der Waals surface area (Å²) in [5.74, 6) is 0.639. The second kappa shape index (κ2) is 7.05. The number of carbonyl (C=O) groups is 1. The van der Waals surface area contributed by atoms with Crippen molar-refractivity contribution in [3.63, 3.8) is 0 Å². The van der Waals surface area contributed by atoms with E-state index < -0.39 is 0 Å². The molecule has 0 atom stereocenters. The number of anilines is 1. The van der Waals surface area contributed by atoms with Gasteiger partial charge in [-0.15, -0.1) is 0 Å². The Labute approximate surface area is 168 Å². The van der Waals surface area contributed by atoms with Crippen LogP contribution in [0.1, 0.15) is 33.7 Å². The molecule has 1 N–H and O–H groups in total. The minimum atomic E-state index is -0.139. The lowest BCUT2D eigenvalue weighted by molar-refractivity contribution is 0.102. The van der Waals surface area contributed by atoms with E-state index in [-0.39, 0.29) is 5.91 Å². The summed E-state index contributed by atoms with van der Waals surface area (Å²) in [7, 11) is 0. The molecule has 0 saturated heterocycles. The highest BCUT2D eigenvalue weighted by Gasteiger charge is 2.24. The van der Waals surface area contributed by atoms with Crippen LogP contribution in [0.4, 0.5) is 5.82 Å². The van der Waals surface area contributed by atoms with Gasteiger partial charge >= 0.3 is 0 Å². The van der Waals surface area contributed by atoms with Crippen molar-refractivity contribution in [3.8, 4) is 11.4 Å². The van der Waals surface area contributed by atoms with E-state index in [0.717, 1.165) is 53.4 Å². The Hall–Kier alpha value is -3.67. The first kappa shape index (κ1) is 17.4. The number of rotatable bonds is 4. The van der Waals surface area contributed by atoms with Crippen LogP contribution in [0.2, 0.25) is 0 Å². The second-order valence-electron chi connectivity index (χ2n) is 7.28. The van der Waals surface area contributed by atoms with Crippen LogP contribution in [0, 0.1) is 6.92 Å². The molecule has 0 fully saturated rings. The molecule has 2 aromatic heterocycles. The molecule has 0 bridgehead atoms. The zero-order valence-corrected chi connectivity index (χ0v) is 16.2. The summed E-state index contributed by atoms with van der Waals surface area (Å²) in [6.45, 7) is 1.95. The van der Waals surface area contributed by atoms with Crippen molar-refractivity contribution in [1.82, 2.24) is 19.6 Å². The van der Waals surface area contributed by atoms with E-state index in [1.54, 1.807) is 4.68 Å². The van der Waals surface area contributed by atoms with Gasteiger partial charge in [0.2, 0.25) is 0 Å². The molecule has 5 rings (SSSR count). The average Bonchev–Trinajstić information content (AvgIpc) is 3.46. The van der Waals surface area contributed by atoms with Gasteiger partial charge in [-0.05, 0) is 68.7 Å². The van der Waals surface area contributed by atoms with Gasteiger partial charge in [-0.3, -0.25) is 4.79 Å². The summed E-state index contributed by atoms with van der Waals surface area (Å²) in [5.41, 5.74) is 5.64. The molecule has 4 aromatic rings. The normalized spacial score (nSPS) is 12.7. The Bertz CT molecular complexity index is 1170. The third-order valence-corrected chi connectivity index (χ3v) is 5.26. The fraction of sp³-hybridized carbons (Fsp3) is 0.174. The number of aryl methyl sites for hydroxylation is 2. The van der Waals surface area contributed by atoms with Gasteiger partial charge in [0, 0.05) is 17.3 Å². The molecule has 6 heteroatoms. The molecular formula is C23H21N5O. The highest BCUT2D eigenvalue weighted by molar-refractivity contribution is 6.04. The fourth-order valence-electron chi connectivity index (χ4n) is 3.78. The van der Waals surface area contributed by atoms with Gasteiger partial charge < -0.3 is 5.32 Å². The van der Waals surface area contributed by atoms with Crippen LogP contribution in [0.5, 0.6) is 0 Å². The Kier molecular flexibility index (Phi) is 4.24. The average molecular weight is 383 g/mol. The molecule has 1 aliphatic carbocycles. The molecule has 29 heavy (non-hydrogen) atoms. The minimum absolute atomic E-state index is 0.139. The number of amides is 1. The van der Waals surface area contributed by atoms with E-state index in [1.165, 1.54) is 0 Å². The Morgan fingerprint density at radius 3 is 2.45 bits per heavy atom. The molecular weight excluding hydrogens is 362 g/mol. The monoisotopic (exact) mass is 383 g/mol. The SMILES string of the molecule is Cc1ccn(-c2ccc(C(=O)Nc3c4c(nn3-c3ccccc3)CCC4)cc2)n1. The van der Waals surface area contributed by atoms with Gasteiger partial charge in [-0.25, -0.2) is 9.36 Å². The van der Waals surface area contributed by atoms with Gasteiger partial charge in [-0.2, -0.15) is 10.2 Å². The summed E-state index contributed by atoms with van der Waals surface area (Å²) >= 11 is 0. The first-order chi connectivity index (χ1) is 14.2. The molecule has 144 valence electrons. The maximum Gasteiger partial charge on any atom is 0.256 e. The standard InChI is InChI=1S/C23H21N5O/c1-16-14-15-27(25-16)18-12-10-17(11-13-18)23(29)24-22-20-8-5-9-21(20)26-28(22)19-6-3-2-4-7-19/h2-4,6-7,10-15H,5,8-9H2,1H3,(H,24,29). The van der Waals surface area contributed by atoms with E-state index in [9.17, 15) is 4.79 Å². The fourth-order valence-corrected chi connectivity index (χ4v) is 3.78. The quantitative estimate of drug-likeness (QED) is 0.577. The Morgan fingerprint density at radius 2 is 1.72 bits per heavy atom. The van der Waals surface area contributed by atoms with Crippen molar-refractivity contribution in [2.75, 3.05) is 5.32 Å². The number of nitrogens with one attached hydrogen (secondary N) is 1. The van der Waals surface area contributed by atoms with E-state index in [2.05, 4.69) is 10.4 Å². The summed E-state index contributed by atoms with van der Waals surface area (Å²) in [4.78, 5) is 13.0. The molecule has 1 amide bonds. The third kappa shape index (κ3) is 3.23. The molecule has 1 aliphatic rings. The van der Waals surface area contributed by atoms with Crippen molar-refractivity contribution in [3.05, 3.63) is 89.4 Å². The van der Waals surface area contributed by atoms with Crippen molar-refractivity contribution >= 4 is 11.7 Å². The summed E-state index contributed by atoms with van der Waals surface area (Å²) in [6, 6.07) is 19.3. The van der Waals surface area contributed by atoms with Crippen LogP contribution in [0.25, 0.3) is 11.4 Å². The van der Waals surface area contributed by atoms with Crippen molar-refractivity contribution in [2.24, 2.45) is 0 Å². The molecule has 6 nitrogen and oxygen atoms in total. The van der Waals surface area contributed by atoms with Crippen molar-refractivity contribution in [2.45, 2.75) is 26.2 Å². The lowest BCUT2D eigenvalue weighted by Crippen LogP contribution is -2.16. The van der Waals surface area contributed by atoms with E-state index in [1.807, 2.05) is 78.5 Å². The van der Waals surface area contributed by atoms with Crippen LogP contribution in [0.3, 0.4) is 0 Å². The van der Waals surface area contributed by atoms with Gasteiger partial charge in [-0.1, -0.05) is 18.2 Å². The van der Waals surface area contributed by atoms with Crippen molar-refractivity contribution < 1.29 is 4.79 Å². The predicted octanol–water partition coefficient (Wildman–Crippen LogP) is 4.11. The summed E-state index contributed by atoms with van der Waals surface area (Å²) in [6.07, 6.45) is 4.88. The van der Waals surface area contributed by atoms with Gasteiger partial charge in [0.1, 0.15) is 5.82 Å². The number of fused-ring (bicyclic) bond motifs is 1. The van der Waals surface area contributed by atoms with Crippen LogP contribution < -0.4 is 5.32 Å². The van der Waals surface area contributed by atoms with Gasteiger partial charge in [0.15, 0.2) is 0 Å². The molecule has 0 spiro atoms. The molecule has 0 unspecified atom stereocenters. The van der Waals surface area contributed by atoms with Crippen LogP contribution in [0.15, 0.2) is 66.9 Å². The van der Waals surface area contributed by atoms with E-state index >= 15 is 0 Å². The van der Waals surface area contributed by atoms with E-state index in [4.69, 9.17) is 5.10 Å². The summed E-state index contributed by atoms with van der Waals surface area (Å²) < 4.78 is 3.65. The first-order valence-electron chi connectivity index (χ1n) is 9.79. The predicted molar refractivity (Wildman–Crippen MR) is 112 cm³/mol. The third-order valence-electron chi connectivity index (χ3n) is 5.26. The number of carbonyl (C=O) groups excluding carboxylic acids is 1. The first-order valence-corrected chi connectivity index (χ1v) is 9.79. The van der Waals surface area contributed by atoms with Gasteiger partial charge in [0.05, 0.1) is 22.8 Å². The number of benzene rings is 2. The minimum Gasteiger partial charge on any atom is -0.306 e. The number of hydrogen-bond donors (Lipinski definition) is 1. The van der Waals surface area contributed by atoms with E-state index in [0.29, 0.717) is 5.56 Å². The van der Waals surface area contributed by atoms with Gasteiger partial charge in [0.25, 0.3) is 5.91 Å². The Balaban J connectivity index is 1.44. The van der Waals surface area contributed by atoms with Crippen LogP contribution >= 0.6 is 0 Å². The van der Waals surface area contributed by atoms with Crippen LogP contribution in [-0.2, 0) is 12.8 Å². The topological polar surface area (TPSA) is 64.7 Å². The number of nitrogens with zero attached hydrogens (tertiary/aromatic N) is 4. The maximum absolute atomic E-state index is 13.0. The Morgan fingerprint density at radius 1 is 0.931 bits per heavy atom. The highest BCUT2D eigenvalue weighted by atomic mass is 16.1. The number of hydrogen-bond acceptors (Lipinski definition) is 3. The van der Waals surface area contributed by atoms with Crippen molar-refractivity contribution in [1.29, 1.82) is 0 Å². The summed E-state index contributed by atoms with van der Waals surface area (Å²) in [5, 5.41) is 12.3. The molecule has 0 aliphatic heterocycles. The second-order valence-corrected chi connectivity index (χ2v) is 7.28. The van der Waals surface area contributed by atoms with Crippen LogP contribution in [-0.4, -0.2) is 25.5 Å². The largest absolute Gasteiger partial charge is 0.306 e. The molecule has 0 saturated carbocycles. The maximum atomic E-state index is 13.0. The number of para-hydroxylation sites is 1. The molecule has 2 heterocycles. The smallest absolute Gasteiger partial charge is 0.256 e. The molecule has 2 aromatic carbocycles. The zero-order valence-electron chi connectivity index (χ0n) is 16.2. The molecule has 0 radical (unpaired) electrons. The zero-order chi connectivity index (χ0) is 19.8. The lowest BCUT2D eigenvalue weighted by Gasteiger charge is -2.11.